The fraction of sp³-hybridized carbons (Fsp3) is 0.130. The zero-order valence-electron chi connectivity index (χ0n) is 16.4. The molecule has 0 spiro atoms. The quantitative estimate of drug-likeness (QED) is 0.456. The highest BCUT2D eigenvalue weighted by Gasteiger charge is 2.11. The van der Waals surface area contributed by atoms with Gasteiger partial charge in [-0.25, -0.2) is 9.97 Å². The molecule has 0 radical (unpaired) electrons. The molecule has 0 unspecified atom stereocenters. The second kappa shape index (κ2) is 8.45. The Balaban J connectivity index is 1.42. The van der Waals surface area contributed by atoms with Crippen LogP contribution in [0.3, 0.4) is 0 Å². The van der Waals surface area contributed by atoms with Crippen molar-refractivity contribution in [1.82, 2.24) is 15.0 Å². The number of hydrogen-bond acceptors (Lipinski definition) is 5. The van der Waals surface area contributed by atoms with Crippen LogP contribution < -0.4 is 10.6 Å². The van der Waals surface area contributed by atoms with Crippen LogP contribution in [0.4, 0.5) is 11.6 Å². The monoisotopic (exact) mass is 396 g/mol. The van der Waals surface area contributed by atoms with Crippen molar-refractivity contribution >= 4 is 28.4 Å². The molecule has 2 aromatic heterocycles. The van der Waals surface area contributed by atoms with Crippen molar-refractivity contribution in [2.75, 3.05) is 17.2 Å². The van der Waals surface area contributed by atoms with E-state index in [-0.39, 0.29) is 11.6 Å². The first-order chi connectivity index (χ1) is 14.6. The number of amides is 1. The molecule has 7 nitrogen and oxygen atoms in total. The molecule has 7 heteroatoms. The molecular weight excluding hydrogens is 376 g/mol. The minimum Gasteiger partial charge on any atom is -0.361 e. The van der Waals surface area contributed by atoms with Crippen LogP contribution in [0.1, 0.15) is 27.3 Å². The van der Waals surface area contributed by atoms with Gasteiger partial charge in [0.1, 0.15) is 5.69 Å². The van der Waals surface area contributed by atoms with E-state index < -0.39 is 0 Å². The molecule has 30 heavy (non-hydrogen) atoms. The van der Waals surface area contributed by atoms with E-state index in [4.69, 9.17) is 5.26 Å². The Hall–Kier alpha value is -4.18. The minimum atomic E-state index is -0.329. The number of hydrogen-bond donors (Lipinski definition) is 3. The van der Waals surface area contributed by atoms with Crippen LogP contribution in [-0.2, 0) is 6.42 Å². The van der Waals surface area contributed by atoms with E-state index in [1.807, 2.05) is 31.3 Å². The minimum absolute atomic E-state index is 0.279. The Morgan fingerprint density at radius 3 is 2.73 bits per heavy atom. The van der Waals surface area contributed by atoms with Crippen molar-refractivity contribution in [2.45, 2.75) is 13.3 Å². The number of benzene rings is 2. The first-order valence-corrected chi connectivity index (χ1v) is 9.58. The lowest BCUT2D eigenvalue weighted by atomic mass is 10.1. The third-order valence-electron chi connectivity index (χ3n) is 4.71. The summed E-state index contributed by atoms with van der Waals surface area (Å²) in [5, 5.41) is 16.1. The number of aryl methyl sites for hydroxylation is 1. The third kappa shape index (κ3) is 4.28. The van der Waals surface area contributed by atoms with Crippen molar-refractivity contribution in [1.29, 1.82) is 5.26 Å². The lowest BCUT2D eigenvalue weighted by Gasteiger charge is -2.09. The van der Waals surface area contributed by atoms with Gasteiger partial charge in [-0.15, -0.1) is 0 Å². The summed E-state index contributed by atoms with van der Waals surface area (Å²) in [6, 6.07) is 18.5. The Kier molecular flexibility index (Phi) is 5.39. The van der Waals surface area contributed by atoms with E-state index in [1.165, 1.54) is 10.9 Å². The van der Waals surface area contributed by atoms with Gasteiger partial charge < -0.3 is 15.6 Å². The highest BCUT2D eigenvalue weighted by atomic mass is 16.1. The summed E-state index contributed by atoms with van der Waals surface area (Å²) >= 11 is 0. The largest absolute Gasteiger partial charge is 0.361 e. The molecule has 4 aromatic rings. The van der Waals surface area contributed by atoms with Crippen molar-refractivity contribution in [3.05, 3.63) is 83.3 Å². The predicted octanol–water partition coefficient (Wildman–Crippen LogP) is 4.04. The van der Waals surface area contributed by atoms with Crippen LogP contribution in [0.2, 0.25) is 0 Å². The number of nitrogens with one attached hydrogen (secondary N) is 3. The molecule has 1 amide bonds. The molecule has 0 aliphatic heterocycles. The molecule has 2 heterocycles. The van der Waals surface area contributed by atoms with Crippen molar-refractivity contribution in [2.24, 2.45) is 0 Å². The van der Waals surface area contributed by atoms with Crippen LogP contribution in [0.15, 0.2) is 60.8 Å². The van der Waals surface area contributed by atoms with E-state index in [1.54, 1.807) is 30.3 Å². The smallest absolute Gasteiger partial charge is 0.274 e. The molecule has 0 saturated carbocycles. The van der Waals surface area contributed by atoms with Crippen molar-refractivity contribution in [3.8, 4) is 6.07 Å². The normalized spacial score (nSPS) is 10.5. The first kappa shape index (κ1) is 19.2. The summed E-state index contributed by atoms with van der Waals surface area (Å²) < 4.78 is 0. The zero-order chi connectivity index (χ0) is 20.9. The maximum absolute atomic E-state index is 12.6. The number of nitriles is 1. The van der Waals surface area contributed by atoms with Gasteiger partial charge in [-0.2, -0.15) is 5.26 Å². The molecule has 0 aliphatic carbocycles. The van der Waals surface area contributed by atoms with E-state index in [2.05, 4.69) is 37.7 Å². The Labute approximate surface area is 173 Å². The molecule has 3 N–H and O–H groups in total. The maximum Gasteiger partial charge on any atom is 0.274 e. The second-order valence-corrected chi connectivity index (χ2v) is 6.90. The Morgan fingerprint density at radius 1 is 1.13 bits per heavy atom. The standard InChI is InChI=1S/C23H20N6O/c1-15-12-21(22(30)28-18-8-6-16(13-24)7-9-18)29-23(27-15)25-11-10-17-14-26-20-5-3-2-4-19(17)20/h2-9,12,14,26H,10-11H2,1H3,(H,28,30)(H,25,27,29). The molecule has 4 rings (SSSR count). The zero-order valence-corrected chi connectivity index (χ0v) is 16.4. The number of nitrogens with zero attached hydrogens (tertiary/aromatic N) is 3. The van der Waals surface area contributed by atoms with Gasteiger partial charge in [-0.1, -0.05) is 18.2 Å². The van der Waals surface area contributed by atoms with Gasteiger partial charge in [0.05, 0.1) is 11.6 Å². The van der Waals surface area contributed by atoms with E-state index >= 15 is 0 Å². The number of anilines is 2. The molecule has 0 fully saturated rings. The number of fused-ring (bicyclic) bond motifs is 1. The number of carbonyl (C=O) groups is 1. The van der Waals surface area contributed by atoms with Gasteiger partial charge in [0.15, 0.2) is 0 Å². The van der Waals surface area contributed by atoms with E-state index in [9.17, 15) is 4.79 Å². The number of aromatic amines is 1. The van der Waals surface area contributed by atoms with Gasteiger partial charge in [0, 0.05) is 35.0 Å². The summed E-state index contributed by atoms with van der Waals surface area (Å²) in [5.41, 5.74) is 4.44. The van der Waals surface area contributed by atoms with Gasteiger partial charge in [0.2, 0.25) is 5.95 Å². The van der Waals surface area contributed by atoms with Crippen LogP contribution >= 0.6 is 0 Å². The topological polar surface area (TPSA) is 106 Å². The van der Waals surface area contributed by atoms with Gasteiger partial charge in [-0.05, 0) is 55.3 Å². The summed E-state index contributed by atoms with van der Waals surface area (Å²) in [6.07, 6.45) is 2.81. The number of aromatic nitrogens is 3. The summed E-state index contributed by atoms with van der Waals surface area (Å²) in [5.74, 6) is 0.0877. The maximum atomic E-state index is 12.6. The number of H-pyrrole nitrogens is 1. The highest BCUT2D eigenvalue weighted by molar-refractivity contribution is 6.03. The molecule has 0 atom stereocenters. The van der Waals surface area contributed by atoms with Crippen LogP contribution in [0.5, 0.6) is 0 Å². The van der Waals surface area contributed by atoms with E-state index in [0.717, 1.165) is 11.9 Å². The van der Waals surface area contributed by atoms with Crippen molar-refractivity contribution in [3.63, 3.8) is 0 Å². The van der Waals surface area contributed by atoms with Crippen LogP contribution in [0, 0.1) is 18.3 Å². The SMILES string of the molecule is Cc1cc(C(=O)Nc2ccc(C#N)cc2)nc(NCCc2c[nH]c3ccccc23)n1. The number of para-hydroxylation sites is 1. The average molecular weight is 396 g/mol. The fourth-order valence-electron chi connectivity index (χ4n) is 3.23. The molecule has 148 valence electrons. The lowest BCUT2D eigenvalue weighted by Crippen LogP contribution is -2.16. The average Bonchev–Trinajstić information content (AvgIpc) is 3.17. The predicted molar refractivity (Wildman–Crippen MR) is 116 cm³/mol. The van der Waals surface area contributed by atoms with Crippen LogP contribution in [-0.4, -0.2) is 27.4 Å². The molecule has 0 saturated heterocycles. The number of rotatable bonds is 6. The molecular formula is C23H20N6O. The highest BCUT2D eigenvalue weighted by Crippen LogP contribution is 2.18. The molecule has 0 aliphatic rings. The van der Waals surface area contributed by atoms with Gasteiger partial charge in [-0.3, -0.25) is 4.79 Å². The second-order valence-electron chi connectivity index (χ2n) is 6.90. The summed E-state index contributed by atoms with van der Waals surface area (Å²) in [4.78, 5) is 24.6. The fourth-order valence-corrected chi connectivity index (χ4v) is 3.23. The van der Waals surface area contributed by atoms with E-state index in [0.29, 0.717) is 29.4 Å². The Morgan fingerprint density at radius 2 is 1.93 bits per heavy atom. The van der Waals surface area contributed by atoms with Crippen molar-refractivity contribution < 1.29 is 4.79 Å². The third-order valence-corrected chi connectivity index (χ3v) is 4.71. The van der Waals surface area contributed by atoms with Crippen LogP contribution in [0.25, 0.3) is 10.9 Å². The summed E-state index contributed by atoms with van der Waals surface area (Å²) in [6.45, 7) is 2.47. The first-order valence-electron chi connectivity index (χ1n) is 9.58. The van der Waals surface area contributed by atoms with Gasteiger partial charge >= 0.3 is 0 Å². The number of carbonyl (C=O) groups excluding carboxylic acids is 1. The molecule has 2 aromatic carbocycles. The summed E-state index contributed by atoms with van der Waals surface area (Å²) in [7, 11) is 0. The lowest BCUT2D eigenvalue weighted by molar-refractivity contribution is 0.102. The molecule has 0 bridgehead atoms. The Bertz CT molecular complexity index is 1240. The van der Waals surface area contributed by atoms with Gasteiger partial charge in [0.25, 0.3) is 5.91 Å².